The summed E-state index contributed by atoms with van der Waals surface area (Å²) in [5, 5.41) is 3.38. The molecule has 2 aliphatic rings. The monoisotopic (exact) mass is 217 g/mol. The molecule has 0 aromatic carbocycles. The molecule has 2 heterocycles. The van der Waals surface area contributed by atoms with E-state index in [1.165, 1.54) is 24.1 Å². The maximum Gasteiger partial charge on any atom is 0.0434 e. The van der Waals surface area contributed by atoms with E-state index in [9.17, 15) is 0 Å². The van der Waals surface area contributed by atoms with Gasteiger partial charge in [-0.25, -0.2) is 0 Å². The van der Waals surface area contributed by atoms with E-state index in [1.54, 1.807) is 0 Å². The summed E-state index contributed by atoms with van der Waals surface area (Å²) in [7, 11) is 0. The van der Waals surface area contributed by atoms with Crippen LogP contribution < -0.4 is 5.32 Å². The largest absolute Gasteiger partial charge is 0.314 e. The Morgan fingerprint density at radius 3 is 2.69 bits per heavy atom. The van der Waals surface area contributed by atoms with Crippen molar-refractivity contribution in [2.45, 2.75) is 25.3 Å². The molecular weight excluding hydrogens is 198 g/mol. The van der Waals surface area contributed by atoms with Crippen molar-refractivity contribution in [2.24, 2.45) is 0 Å². The molecule has 0 spiro atoms. The maximum absolute atomic E-state index is 4.56. The highest BCUT2D eigenvalue weighted by Crippen LogP contribution is 2.38. The molecule has 1 aromatic heterocycles. The SMILES string of the molecule is c1cc(C2CC2)ncc1CN1CCNCC1. The van der Waals surface area contributed by atoms with Gasteiger partial charge in [-0.3, -0.25) is 9.88 Å². The van der Waals surface area contributed by atoms with E-state index >= 15 is 0 Å². The van der Waals surface area contributed by atoms with Crippen molar-refractivity contribution in [3.63, 3.8) is 0 Å². The Kier molecular flexibility index (Phi) is 2.89. The molecule has 1 aliphatic heterocycles. The normalized spacial score (nSPS) is 22.2. The number of piperazine rings is 1. The minimum Gasteiger partial charge on any atom is -0.314 e. The van der Waals surface area contributed by atoms with Crippen LogP contribution in [0.15, 0.2) is 18.3 Å². The lowest BCUT2D eigenvalue weighted by molar-refractivity contribution is 0.233. The molecule has 2 fully saturated rings. The second kappa shape index (κ2) is 4.52. The lowest BCUT2D eigenvalue weighted by atomic mass is 10.2. The van der Waals surface area contributed by atoms with Gasteiger partial charge in [0.25, 0.3) is 0 Å². The second-order valence-corrected chi connectivity index (χ2v) is 4.89. The van der Waals surface area contributed by atoms with Crippen LogP contribution >= 0.6 is 0 Å². The number of pyridine rings is 1. The fraction of sp³-hybridized carbons (Fsp3) is 0.615. The van der Waals surface area contributed by atoms with E-state index in [4.69, 9.17) is 0 Å². The molecule has 0 unspecified atom stereocenters. The van der Waals surface area contributed by atoms with Crippen LogP contribution in [-0.4, -0.2) is 36.1 Å². The topological polar surface area (TPSA) is 28.2 Å². The molecule has 0 atom stereocenters. The number of nitrogens with one attached hydrogen (secondary N) is 1. The zero-order valence-corrected chi connectivity index (χ0v) is 9.65. The predicted octanol–water partition coefficient (Wildman–Crippen LogP) is 1.36. The van der Waals surface area contributed by atoms with E-state index in [0.29, 0.717) is 0 Å². The van der Waals surface area contributed by atoms with E-state index < -0.39 is 0 Å². The highest BCUT2D eigenvalue weighted by atomic mass is 15.2. The van der Waals surface area contributed by atoms with Crippen LogP contribution in [0.2, 0.25) is 0 Å². The van der Waals surface area contributed by atoms with Crippen molar-refractivity contribution in [3.05, 3.63) is 29.6 Å². The summed E-state index contributed by atoms with van der Waals surface area (Å²) in [6.45, 7) is 5.61. The molecule has 1 N–H and O–H groups in total. The van der Waals surface area contributed by atoms with Gasteiger partial charge < -0.3 is 5.32 Å². The third-order valence-electron chi connectivity index (χ3n) is 3.46. The van der Waals surface area contributed by atoms with Gasteiger partial charge in [0.2, 0.25) is 0 Å². The number of hydrogen-bond acceptors (Lipinski definition) is 3. The quantitative estimate of drug-likeness (QED) is 0.828. The number of nitrogens with zero attached hydrogens (tertiary/aromatic N) is 2. The Morgan fingerprint density at radius 1 is 1.25 bits per heavy atom. The van der Waals surface area contributed by atoms with Crippen LogP contribution in [0.1, 0.15) is 30.0 Å². The lowest BCUT2D eigenvalue weighted by Crippen LogP contribution is -2.42. The molecule has 16 heavy (non-hydrogen) atoms. The summed E-state index contributed by atoms with van der Waals surface area (Å²) >= 11 is 0. The van der Waals surface area contributed by atoms with Crippen LogP contribution in [0, 0.1) is 0 Å². The Labute approximate surface area is 96.9 Å². The van der Waals surface area contributed by atoms with Gasteiger partial charge in [-0.1, -0.05) is 6.07 Å². The standard InChI is InChI=1S/C13H19N3/c1-4-13(12-2-3-12)15-9-11(1)10-16-7-5-14-6-8-16/h1,4,9,12,14H,2-3,5-8,10H2. The van der Waals surface area contributed by atoms with Crippen LogP contribution in [0.25, 0.3) is 0 Å². The molecule has 1 saturated heterocycles. The van der Waals surface area contributed by atoms with E-state index in [0.717, 1.165) is 38.6 Å². The molecule has 3 nitrogen and oxygen atoms in total. The average molecular weight is 217 g/mol. The summed E-state index contributed by atoms with van der Waals surface area (Å²) in [6, 6.07) is 4.47. The Hall–Kier alpha value is -0.930. The van der Waals surface area contributed by atoms with Crippen molar-refractivity contribution in [1.82, 2.24) is 15.2 Å². The van der Waals surface area contributed by atoms with Gasteiger partial charge in [0.15, 0.2) is 0 Å². The lowest BCUT2D eigenvalue weighted by Gasteiger charge is -2.27. The van der Waals surface area contributed by atoms with E-state index in [1.807, 2.05) is 0 Å². The molecule has 3 rings (SSSR count). The first kappa shape index (κ1) is 10.2. The van der Waals surface area contributed by atoms with E-state index in [-0.39, 0.29) is 0 Å². The van der Waals surface area contributed by atoms with Gasteiger partial charge >= 0.3 is 0 Å². The first-order valence-corrected chi connectivity index (χ1v) is 6.30. The average Bonchev–Trinajstić information content (AvgIpc) is 3.15. The van der Waals surface area contributed by atoms with Crippen LogP contribution in [0.5, 0.6) is 0 Å². The predicted molar refractivity (Wildman–Crippen MR) is 64.4 cm³/mol. The number of hydrogen-bond donors (Lipinski definition) is 1. The van der Waals surface area contributed by atoms with Gasteiger partial charge in [0.1, 0.15) is 0 Å². The highest BCUT2D eigenvalue weighted by molar-refractivity contribution is 5.19. The molecular formula is C13H19N3. The molecule has 0 amide bonds. The highest BCUT2D eigenvalue weighted by Gasteiger charge is 2.24. The summed E-state index contributed by atoms with van der Waals surface area (Å²) in [5.41, 5.74) is 2.65. The first-order valence-electron chi connectivity index (χ1n) is 6.30. The molecule has 86 valence electrons. The molecule has 3 heteroatoms. The smallest absolute Gasteiger partial charge is 0.0434 e. The van der Waals surface area contributed by atoms with Gasteiger partial charge in [-0.2, -0.15) is 0 Å². The van der Waals surface area contributed by atoms with Gasteiger partial charge in [0.05, 0.1) is 0 Å². The van der Waals surface area contributed by atoms with Crippen molar-refractivity contribution in [1.29, 1.82) is 0 Å². The molecule has 1 saturated carbocycles. The van der Waals surface area contributed by atoms with Gasteiger partial charge in [-0.05, 0) is 24.5 Å². The summed E-state index contributed by atoms with van der Waals surface area (Å²) in [6.07, 6.45) is 4.74. The third-order valence-corrected chi connectivity index (χ3v) is 3.46. The Morgan fingerprint density at radius 2 is 2.06 bits per heavy atom. The summed E-state index contributed by atoms with van der Waals surface area (Å²) in [5.74, 6) is 0.772. The minimum atomic E-state index is 0.772. The first-order chi connectivity index (χ1) is 7.92. The molecule has 1 aliphatic carbocycles. The van der Waals surface area contributed by atoms with Crippen molar-refractivity contribution in [3.8, 4) is 0 Å². The van der Waals surface area contributed by atoms with Crippen LogP contribution in [-0.2, 0) is 6.54 Å². The second-order valence-electron chi connectivity index (χ2n) is 4.89. The van der Waals surface area contributed by atoms with Crippen LogP contribution in [0.3, 0.4) is 0 Å². The van der Waals surface area contributed by atoms with Crippen molar-refractivity contribution < 1.29 is 0 Å². The third kappa shape index (κ3) is 2.42. The van der Waals surface area contributed by atoms with Crippen LogP contribution in [0.4, 0.5) is 0 Å². The number of aromatic nitrogens is 1. The van der Waals surface area contributed by atoms with Crippen molar-refractivity contribution >= 4 is 0 Å². The van der Waals surface area contributed by atoms with E-state index in [2.05, 4.69) is 33.5 Å². The number of rotatable bonds is 3. The molecule has 1 aromatic rings. The molecule has 0 bridgehead atoms. The fourth-order valence-corrected chi connectivity index (χ4v) is 2.28. The maximum atomic E-state index is 4.56. The minimum absolute atomic E-state index is 0.772. The van der Waals surface area contributed by atoms with Crippen molar-refractivity contribution in [2.75, 3.05) is 26.2 Å². The Balaban J connectivity index is 1.60. The fourth-order valence-electron chi connectivity index (χ4n) is 2.28. The zero-order valence-electron chi connectivity index (χ0n) is 9.65. The molecule has 0 radical (unpaired) electrons. The van der Waals surface area contributed by atoms with Gasteiger partial charge in [-0.15, -0.1) is 0 Å². The Bertz CT molecular complexity index is 337. The zero-order chi connectivity index (χ0) is 10.8. The summed E-state index contributed by atoms with van der Waals surface area (Å²) in [4.78, 5) is 7.05. The van der Waals surface area contributed by atoms with Gasteiger partial charge in [0, 0.05) is 50.5 Å². The summed E-state index contributed by atoms with van der Waals surface area (Å²) < 4.78 is 0.